The molecule has 0 atom stereocenters. The summed E-state index contributed by atoms with van der Waals surface area (Å²) in [4.78, 5) is 19.8. The first-order valence-corrected chi connectivity index (χ1v) is 6.98. The molecule has 0 aliphatic heterocycles. The number of thiophene rings is 1. The van der Waals surface area contributed by atoms with E-state index in [0.717, 1.165) is 28.2 Å². The third kappa shape index (κ3) is 2.46. The largest absolute Gasteiger partial charge is 0.465 e. The van der Waals surface area contributed by atoms with Crippen LogP contribution in [0.3, 0.4) is 0 Å². The van der Waals surface area contributed by atoms with Crippen molar-refractivity contribution in [3.8, 4) is 11.3 Å². The number of aromatic nitrogens is 2. The zero-order valence-corrected chi connectivity index (χ0v) is 12.8. The van der Waals surface area contributed by atoms with Crippen LogP contribution in [-0.2, 0) is 4.74 Å². The van der Waals surface area contributed by atoms with Crippen molar-refractivity contribution in [1.29, 1.82) is 0 Å². The fraction of sp³-hybridized carbons (Fsp3) is 0.308. The van der Waals surface area contributed by atoms with Gasteiger partial charge in [0.15, 0.2) is 0 Å². The quantitative estimate of drug-likeness (QED) is 0.679. The van der Waals surface area contributed by atoms with Crippen molar-refractivity contribution < 1.29 is 9.53 Å². The maximum atomic E-state index is 11.8. The third-order valence-electron chi connectivity index (χ3n) is 2.87. The molecule has 0 aromatic carbocycles. The number of carbonyl (C=O) groups excluding carboxylic acids is 1. The van der Waals surface area contributed by atoms with Crippen LogP contribution in [0.15, 0.2) is 5.38 Å². The molecule has 2 aromatic heterocycles. The molecule has 19 heavy (non-hydrogen) atoms. The normalized spacial score (nSPS) is 10.5. The lowest BCUT2D eigenvalue weighted by molar-refractivity contribution is 0.0607. The molecule has 0 saturated heterocycles. The SMILES string of the molecule is COC(=O)c1scc(C)c1-c1[nH]c(C)nc(=S)c1C. The molecule has 2 rings (SSSR count). The smallest absolute Gasteiger partial charge is 0.348 e. The van der Waals surface area contributed by atoms with Crippen molar-refractivity contribution in [2.75, 3.05) is 7.11 Å². The lowest BCUT2D eigenvalue weighted by Gasteiger charge is -2.09. The Labute approximate surface area is 120 Å². The maximum Gasteiger partial charge on any atom is 0.348 e. The fourth-order valence-corrected chi connectivity index (χ4v) is 3.11. The van der Waals surface area contributed by atoms with E-state index in [1.807, 2.05) is 26.2 Å². The van der Waals surface area contributed by atoms with Crippen LogP contribution in [0.5, 0.6) is 0 Å². The van der Waals surface area contributed by atoms with Gasteiger partial charge in [0.1, 0.15) is 15.3 Å². The Morgan fingerprint density at radius 3 is 2.74 bits per heavy atom. The number of rotatable bonds is 2. The Balaban J connectivity index is 2.76. The molecule has 0 spiro atoms. The Morgan fingerprint density at radius 2 is 2.11 bits per heavy atom. The monoisotopic (exact) mass is 294 g/mol. The highest BCUT2D eigenvalue weighted by Crippen LogP contribution is 2.33. The number of hydrogen-bond donors (Lipinski definition) is 1. The number of ether oxygens (including phenoxy) is 1. The van der Waals surface area contributed by atoms with Crippen LogP contribution < -0.4 is 0 Å². The highest BCUT2D eigenvalue weighted by Gasteiger charge is 2.20. The second-order valence-corrected chi connectivity index (χ2v) is 5.51. The van der Waals surface area contributed by atoms with Crippen molar-refractivity contribution in [2.45, 2.75) is 20.8 Å². The minimum absolute atomic E-state index is 0.332. The molecule has 100 valence electrons. The van der Waals surface area contributed by atoms with Gasteiger partial charge in [-0.1, -0.05) is 12.2 Å². The van der Waals surface area contributed by atoms with Gasteiger partial charge in [-0.25, -0.2) is 9.78 Å². The maximum absolute atomic E-state index is 11.8. The van der Waals surface area contributed by atoms with Gasteiger partial charge >= 0.3 is 5.97 Å². The lowest BCUT2D eigenvalue weighted by atomic mass is 10.0. The molecule has 0 fully saturated rings. The van der Waals surface area contributed by atoms with E-state index in [1.54, 1.807) is 0 Å². The molecule has 2 heterocycles. The summed E-state index contributed by atoms with van der Waals surface area (Å²) < 4.78 is 5.38. The summed E-state index contributed by atoms with van der Waals surface area (Å²) >= 11 is 6.61. The van der Waals surface area contributed by atoms with Gasteiger partial charge in [-0.3, -0.25) is 0 Å². The first kappa shape index (κ1) is 13.9. The van der Waals surface area contributed by atoms with E-state index in [0.29, 0.717) is 9.52 Å². The first-order valence-electron chi connectivity index (χ1n) is 5.70. The number of H-pyrrole nitrogens is 1. The number of aryl methyl sites for hydroxylation is 2. The number of carbonyl (C=O) groups is 1. The zero-order valence-electron chi connectivity index (χ0n) is 11.2. The molecule has 0 bridgehead atoms. The van der Waals surface area contributed by atoms with E-state index in [2.05, 4.69) is 9.97 Å². The van der Waals surface area contributed by atoms with E-state index < -0.39 is 0 Å². The average molecular weight is 294 g/mol. The van der Waals surface area contributed by atoms with Crippen LogP contribution in [0.4, 0.5) is 0 Å². The molecule has 0 saturated carbocycles. The molecule has 0 amide bonds. The molecule has 0 aliphatic carbocycles. The summed E-state index contributed by atoms with van der Waals surface area (Å²) in [5.74, 6) is 0.397. The van der Waals surface area contributed by atoms with Crippen LogP contribution in [0.25, 0.3) is 11.3 Å². The highest BCUT2D eigenvalue weighted by atomic mass is 32.1. The van der Waals surface area contributed by atoms with Crippen LogP contribution >= 0.6 is 23.6 Å². The third-order valence-corrected chi connectivity index (χ3v) is 4.34. The summed E-state index contributed by atoms with van der Waals surface area (Å²) in [6.45, 7) is 5.71. The van der Waals surface area contributed by atoms with Gasteiger partial charge in [-0.15, -0.1) is 11.3 Å². The molecule has 1 N–H and O–H groups in total. The van der Waals surface area contributed by atoms with E-state index >= 15 is 0 Å². The van der Waals surface area contributed by atoms with Gasteiger partial charge in [0.25, 0.3) is 0 Å². The van der Waals surface area contributed by atoms with E-state index in [-0.39, 0.29) is 5.97 Å². The van der Waals surface area contributed by atoms with Crippen LogP contribution in [-0.4, -0.2) is 23.0 Å². The Bertz CT molecular complexity index is 701. The van der Waals surface area contributed by atoms with Gasteiger partial charge in [0.2, 0.25) is 0 Å². The number of nitrogens with one attached hydrogen (secondary N) is 1. The summed E-state index contributed by atoms with van der Waals surface area (Å²) in [7, 11) is 1.38. The van der Waals surface area contributed by atoms with Crippen molar-refractivity contribution in [1.82, 2.24) is 9.97 Å². The van der Waals surface area contributed by atoms with Gasteiger partial charge in [-0.2, -0.15) is 0 Å². The molecule has 4 nitrogen and oxygen atoms in total. The lowest BCUT2D eigenvalue weighted by Crippen LogP contribution is -2.03. The van der Waals surface area contributed by atoms with E-state index in [9.17, 15) is 4.79 Å². The standard InChI is InChI=1S/C13H14N2O2S2/c1-6-5-19-11(13(16)17-4)9(6)10-7(2)12(18)15-8(3)14-10/h5H,1-4H3,(H,14,15,18). The molecule has 0 unspecified atom stereocenters. The van der Waals surface area contributed by atoms with Crippen molar-refractivity contribution in [2.24, 2.45) is 0 Å². The minimum atomic E-state index is -0.332. The second-order valence-electron chi connectivity index (χ2n) is 4.24. The summed E-state index contributed by atoms with van der Waals surface area (Å²) in [5, 5.41) is 1.94. The van der Waals surface area contributed by atoms with Gasteiger partial charge < -0.3 is 9.72 Å². The number of hydrogen-bond acceptors (Lipinski definition) is 5. The fourth-order valence-electron chi connectivity index (χ4n) is 1.89. The van der Waals surface area contributed by atoms with Crippen molar-refractivity contribution in [3.63, 3.8) is 0 Å². The summed E-state index contributed by atoms with van der Waals surface area (Å²) in [6, 6.07) is 0. The van der Waals surface area contributed by atoms with Crippen LogP contribution in [0.2, 0.25) is 0 Å². The molecule has 0 aliphatic rings. The zero-order chi connectivity index (χ0) is 14.2. The highest BCUT2D eigenvalue weighted by molar-refractivity contribution is 7.71. The number of aromatic amines is 1. The summed E-state index contributed by atoms with van der Waals surface area (Å²) in [5.41, 5.74) is 3.58. The Hall–Kier alpha value is -1.53. The molecule has 6 heteroatoms. The van der Waals surface area contributed by atoms with Crippen LogP contribution in [0, 0.1) is 25.4 Å². The molecule has 0 radical (unpaired) electrons. The number of esters is 1. The first-order chi connectivity index (χ1) is 8.95. The van der Waals surface area contributed by atoms with E-state index in [4.69, 9.17) is 17.0 Å². The molecular formula is C13H14N2O2S2. The predicted molar refractivity (Wildman–Crippen MR) is 78.3 cm³/mol. The van der Waals surface area contributed by atoms with Gasteiger partial charge in [0.05, 0.1) is 12.8 Å². The van der Waals surface area contributed by atoms with Crippen LogP contribution in [0.1, 0.15) is 26.6 Å². The van der Waals surface area contributed by atoms with Gasteiger partial charge in [0, 0.05) is 11.1 Å². The molecular weight excluding hydrogens is 280 g/mol. The van der Waals surface area contributed by atoms with Crippen molar-refractivity contribution >= 4 is 29.5 Å². The Morgan fingerprint density at radius 1 is 1.42 bits per heavy atom. The van der Waals surface area contributed by atoms with Crippen molar-refractivity contribution in [3.05, 3.63) is 31.8 Å². The topological polar surface area (TPSA) is 55.0 Å². The number of nitrogens with zero attached hydrogens (tertiary/aromatic N) is 1. The Kier molecular flexibility index (Phi) is 3.82. The minimum Gasteiger partial charge on any atom is -0.465 e. The predicted octanol–water partition coefficient (Wildman–Crippen LogP) is 3.58. The molecule has 2 aromatic rings. The van der Waals surface area contributed by atoms with Gasteiger partial charge in [-0.05, 0) is 31.7 Å². The second kappa shape index (κ2) is 5.22. The number of methoxy groups -OCH3 is 1. The van der Waals surface area contributed by atoms with E-state index in [1.165, 1.54) is 18.4 Å². The summed E-state index contributed by atoms with van der Waals surface area (Å²) in [6.07, 6.45) is 0. The average Bonchev–Trinajstić information content (AvgIpc) is 2.74.